The maximum Gasteiger partial charge on any atom is 0.327 e. The highest BCUT2D eigenvalue weighted by atomic mass is 35.5. The lowest BCUT2D eigenvalue weighted by Gasteiger charge is -2.27. The van der Waals surface area contributed by atoms with Crippen LogP contribution in [0.1, 0.15) is 10.4 Å². The molecule has 0 radical (unpaired) electrons. The fourth-order valence-corrected chi connectivity index (χ4v) is 2.91. The van der Waals surface area contributed by atoms with Crippen molar-refractivity contribution in [1.82, 2.24) is 4.31 Å². The topological polar surface area (TPSA) is 66.5 Å². The molecule has 1 N–H and O–H groups in total. The second-order valence-electron chi connectivity index (χ2n) is 3.29. The van der Waals surface area contributed by atoms with Crippen LogP contribution in [0.25, 0.3) is 0 Å². The van der Waals surface area contributed by atoms with Crippen LogP contribution in [0.4, 0.5) is 18.9 Å². The Labute approximate surface area is 104 Å². The van der Waals surface area contributed by atoms with E-state index < -0.39 is 50.8 Å². The molecule has 1 aliphatic rings. The molecule has 0 saturated carbocycles. The zero-order valence-corrected chi connectivity index (χ0v) is 9.95. The number of amides is 1. The van der Waals surface area contributed by atoms with Crippen molar-refractivity contribution in [2.75, 3.05) is 10.7 Å². The first kappa shape index (κ1) is 13.0. The molecular formula is C8H4ClF3N2O3S. The molecule has 1 aromatic rings. The number of nitrogens with zero attached hydrogens (tertiary/aromatic N) is 1. The van der Waals surface area contributed by atoms with Crippen LogP contribution in [0.3, 0.4) is 0 Å². The van der Waals surface area contributed by atoms with Crippen LogP contribution < -0.4 is 4.72 Å². The maximum absolute atomic E-state index is 13.4. The van der Waals surface area contributed by atoms with Gasteiger partial charge in [0, 0.05) is 6.07 Å². The quantitative estimate of drug-likeness (QED) is 0.484. The minimum absolute atomic E-state index is 0.0946. The predicted molar refractivity (Wildman–Crippen MR) is 55.7 cm³/mol. The number of carbonyl (C=O) groups excluding carboxylic acids is 1. The number of fused-ring (bicyclic) bond motifs is 1. The Morgan fingerprint density at radius 2 is 1.89 bits per heavy atom. The summed E-state index contributed by atoms with van der Waals surface area (Å²) in [5.41, 5.74) is -1.58. The van der Waals surface area contributed by atoms with Gasteiger partial charge in [-0.1, -0.05) is 0 Å². The second kappa shape index (κ2) is 4.02. The Kier molecular flexibility index (Phi) is 2.90. The van der Waals surface area contributed by atoms with Crippen LogP contribution in [0.5, 0.6) is 0 Å². The highest BCUT2D eigenvalue weighted by molar-refractivity contribution is 7.91. The van der Waals surface area contributed by atoms with Gasteiger partial charge in [0.2, 0.25) is 0 Å². The molecule has 2 rings (SSSR count). The van der Waals surface area contributed by atoms with E-state index in [1.165, 1.54) is 0 Å². The maximum atomic E-state index is 13.4. The van der Waals surface area contributed by atoms with E-state index in [0.29, 0.717) is 6.07 Å². The molecule has 5 nitrogen and oxygen atoms in total. The molecule has 0 aliphatic carbocycles. The molecule has 1 aromatic carbocycles. The van der Waals surface area contributed by atoms with E-state index in [-0.39, 0.29) is 4.31 Å². The highest BCUT2D eigenvalue weighted by Gasteiger charge is 2.39. The average molecular weight is 301 g/mol. The molecule has 0 atom stereocenters. The molecule has 0 bridgehead atoms. The van der Waals surface area contributed by atoms with E-state index in [1.807, 2.05) is 0 Å². The first-order valence-electron chi connectivity index (χ1n) is 4.38. The second-order valence-corrected chi connectivity index (χ2v) is 5.12. The summed E-state index contributed by atoms with van der Waals surface area (Å²) in [7, 11) is -4.34. The number of alkyl halides is 1. The summed E-state index contributed by atoms with van der Waals surface area (Å²) in [5.74, 6) is -6.61. The van der Waals surface area contributed by atoms with Crippen molar-refractivity contribution in [3.05, 3.63) is 29.1 Å². The molecule has 0 spiro atoms. The number of anilines is 1. The van der Waals surface area contributed by atoms with Crippen molar-refractivity contribution in [2.24, 2.45) is 0 Å². The summed E-state index contributed by atoms with van der Waals surface area (Å²) in [6.07, 6.45) is 0. The van der Waals surface area contributed by atoms with Gasteiger partial charge in [-0.2, -0.15) is 8.42 Å². The molecule has 1 heterocycles. The molecule has 98 valence electrons. The molecule has 0 saturated heterocycles. The molecule has 1 aliphatic heterocycles. The zero-order valence-electron chi connectivity index (χ0n) is 8.38. The summed E-state index contributed by atoms with van der Waals surface area (Å²) in [6, 6.07) is -0.402. The van der Waals surface area contributed by atoms with Gasteiger partial charge in [0.05, 0.1) is 5.69 Å². The van der Waals surface area contributed by atoms with Crippen LogP contribution in [0.2, 0.25) is 0 Å². The number of hydrogen-bond acceptors (Lipinski definition) is 3. The van der Waals surface area contributed by atoms with Gasteiger partial charge in [-0.25, -0.2) is 17.5 Å². The van der Waals surface area contributed by atoms with Crippen LogP contribution in [0, 0.1) is 17.5 Å². The van der Waals surface area contributed by atoms with Gasteiger partial charge >= 0.3 is 10.2 Å². The standard InChI is InChI=1S/C8H4ClF3N2O3S/c9-2-14-8(15)5-4(13-18(14,16)17)1-3(10)6(11)7(5)12/h1,13H,2H2. The highest BCUT2D eigenvalue weighted by Crippen LogP contribution is 2.31. The molecule has 0 fully saturated rings. The van der Waals surface area contributed by atoms with Crippen molar-refractivity contribution in [3.8, 4) is 0 Å². The first-order chi connectivity index (χ1) is 8.29. The minimum atomic E-state index is -4.34. The lowest BCUT2D eigenvalue weighted by Crippen LogP contribution is -2.44. The molecule has 10 heteroatoms. The number of rotatable bonds is 1. The summed E-state index contributed by atoms with van der Waals surface area (Å²) >= 11 is 5.25. The molecule has 0 unspecified atom stereocenters. The van der Waals surface area contributed by atoms with Gasteiger partial charge in [-0.05, 0) is 0 Å². The lowest BCUT2D eigenvalue weighted by atomic mass is 10.1. The molecular weight excluding hydrogens is 297 g/mol. The van der Waals surface area contributed by atoms with Gasteiger partial charge in [0.1, 0.15) is 11.6 Å². The van der Waals surface area contributed by atoms with E-state index in [1.54, 1.807) is 4.72 Å². The SMILES string of the molecule is O=C1c2c(cc(F)c(F)c2F)NS(=O)(=O)N1CCl. The third-order valence-corrected chi connectivity index (χ3v) is 3.97. The van der Waals surface area contributed by atoms with Crippen molar-refractivity contribution in [3.63, 3.8) is 0 Å². The number of hydrogen-bond donors (Lipinski definition) is 1. The fourth-order valence-electron chi connectivity index (χ4n) is 1.43. The van der Waals surface area contributed by atoms with Gasteiger partial charge < -0.3 is 0 Å². The Morgan fingerprint density at radius 1 is 1.28 bits per heavy atom. The van der Waals surface area contributed by atoms with E-state index in [2.05, 4.69) is 0 Å². The molecule has 18 heavy (non-hydrogen) atoms. The van der Waals surface area contributed by atoms with Crippen LogP contribution in [-0.4, -0.2) is 24.6 Å². The predicted octanol–water partition coefficient (Wildman–Crippen LogP) is 1.41. The van der Waals surface area contributed by atoms with E-state index in [9.17, 15) is 26.4 Å². The first-order valence-corrected chi connectivity index (χ1v) is 6.35. The normalized spacial score (nSPS) is 17.3. The summed E-state index contributed by atoms with van der Waals surface area (Å²) in [5, 5.41) is 0. The van der Waals surface area contributed by atoms with Gasteiger partial charge in [0.15, 0.2) is 17.5 Å². The largest absolute Gasteiger partial charge is 0.327 e. The number of benzene rings is 1. The average Bonchev–Trinajstić information content (AvgIpc) is 2.24. The number of nitrogens with one attached hydrogen (secondary N) is 1. The van der Waals surface area contributed by atoms with Gasteiger partial charge in [-0.15, -0.1) is 11.6 Å². The zero-order chi connectivity index (χ0) is 13.7. The minimum Gasteiger partial charge on any atom is -0.268 e. The third-order valence-electron chi connectivity index (χ3n) is 2.24. The summed E-state index contributed by atoms with van der Waals surface area (Å²) in [6.45, 7) is 0. The monoisotopic (exact) mass is 300 g/mol. The smallest absolute Gasteiger partial charge is 0.268 e. The fraction of sp³-hybridized carbons (Fsp3) is 0.125. The Bertz CT molecular complexity index is 649. The number of carbonyl (C=O) groups is 1. The van der Waals surface area contributed by atoms with Crippen molar-refractivity contribution < 1.29 is 26.4 Å². The van der Waals surface area contributed by atoms with Crippen LogP contribution >= 0.6 is 11.6 Å². The summed E-state index contributed by atoms with van der Waals surface area (Å²) in [4.78, 5) is 11.6. The molecule has 1 amide bonds. The van der Waals surface area contributed by atoms with Crippen molar-refractivity contribution in [1.29, 1.82) is 0 Å². The van der Waals surface area contributed by atoms with E-state index in [0.717, 1.165) is 0 Å². The van der Waals surface area contributed by atoms with Crippen LogP contribution in [-0.2, 0) is 10.2 Å². The van der Waals surface area contributed by atoms with Crippen molar-refractivity contribution >= 4 is 33.4 Å². The third kappa shape index (κ3) is 1.70. The lowest BCUT2D eigenvalue weighted by molar-refractivity contribution is 0.0870. The van der Waals surface area contributed by atoms with E-state index in [4.69, 9.17) is 11.6 Å². The summed E-state index contributed by atoms with van der Waals surface area (Å²) < 4.78 is 64.1. The van der Waals surface area contributed by atoms with Gasteiger partial charge in [-0.3, -0.25) is 9.52 Å². The Morgan fingerprint density at radius 3 is 2.44 bits per heavy atom. The van der Waals surface area contributed by atoms with Crippen LogP contribution in [0.15, 0.2) is 6.07 Å². The van der Waals surface area contributed by atoms with Crippen molar-refractivity contribution in [2.45, 2.75) is 0 Å². The molecule has 0 aromatic heterocycles. The number of halogens is 4. The Balaban J connectivity index is 2.75. The van der Waals surface area contributed by atoms with Gasteiger partial charge in [0.25, 0.3) is 5.91 Å². The Hall–Kier alpha value is -1.48. The van der Waals surface area contributed by atoms with E-state index >= 15 is 0 Å².